The van der Waals surface area contributed by atoms with Crippen molar-refractivity contribution in [3.05, 3.63) is 18.2 Å². The number of hydrazone groups is 1. The summed E-state index contributed by atoms with van der Waals surface area (Å²) < 4.78 is 10.2. The minimum absolute atomic E-state index is 0.375. The van der Waals surface area contributed by atoms with Gasteiger partial charge in [-0.1, -0.05) is 13.3 Å². The Morgan fingerprint density at radius 2 is 1.91 bits per heavy atom. The number of methoxy groups -OCH3 is 2. The molecule has 0 fully saturated rings. The number of carbonyl (C=O) groups is 2. The van der Waals surface area contributed by atoms with Crippen molar-refractivity contribution in [1.82, 2.24) is 5.43 Å². The van der Waals surface area contributed by atoms with Gasteiger partial charge in [-0.15, -0.1) is 0 Å². The van der Waals surface area contributed by atoms with Gasteiger partial charge in [-0.3, -0.25) is 9.59 Å². The van der Waals surface area contributed by atoms with Crippen molar-refractivity contribution in [3.63, 3.8) is 0 Å². The van der Waals surface area contributed by atoms with Crippen LogP contribution >= 0.6 is 0 Å². The number of unbranched alkanes of at least 4 members (excludes halogenated alkanes) is 1. The number of hydrogen-bond donors (Lipinski definition) is 2. The first-order valence-electron chi connectivity index (χ1n) is 7.38. The first kappa shape index (κ1) is 18.5. The van der Waals surface area contributed by atoms with Gasteiger partial charge in [-0.05, 0) is 31.9 Å². The molecule has 1 aromatic rings. The summed E-state index contributed by atoms with van der Waals surface area (Å²) in [5.74, 6) is -0.673. The van der Waals surface area contributed by atoms with E-state index in [0.717, 1.165) is 25.0 Å². The van der Waals surface area contributed by atoms with Crippen LogP contribution in [0.4, 0.5) is 5.69 Å². The molecule has 0 aliphatic heterocycles. The van der Waals surface area contributed by atoms with E-state index in [0.29, 0.717) is 17.2 Å². The summed E-state index contributed by atoms with van der Waals surface area (Å²) in [7, 11) is 2.99. The van der Waals surface area contributed by atoms with Gasteiger partial charge in [0.25, 0.3) is 0 Å². The Morgan fingerprint density at radius 1 is 1.17 bits per heavy atom. The largest absolute Gasteiger partial charge is 0.497 e. The Balaban J connectivity index is 2.67. The van der Waals surface area contributed by atoms with E-state index in [9.17, 15) is 9.59 Å². The first-order chi connectivity index (χ1) is 11.0. The van der Waals surface area contributed by atoms with E-state index in [4.69, 9.17) is 9.47 Å². The molecule has 2 amide bonds. The van der Waals surface area contributed by atoms with Gasteiger partial charge in [0, 0.05) is 11.8 Å². The second-order valence-electron chi connectivity index (χ2n) is 4.91. The predicted octanol–water partition coefficient (Wildman–Crippen LogP) is 2.32. The number of rotatable bonds is 7. The van der Waals surface area contributed by atoms with Crippen molar-refractivity contribution in [2.75, 3.05) is 19.5 Å². The molecule has 0 saturated heterocycles. The molecule has 7 nitrogen and oxygen atoms in total. The van der Waals surface area contributed by atoms with Crippen molar-refractivity contribution in [2.24, 2.45) is 5.10 Å². The molecule has 0 aliphatic carbocycles. The van der Waals surface area contributed by atoms with E-state index in [-0.39, 0.29) is 0 Å². The van der Waals surface area contributed by atoms with Crippen LogP contribution < -0.4 is 20.2 Å². The molecule has 0 spiro atoms. The van der Waals surface area contributed by atoms with Gasteiger partial charge in [0.05, 0.1) is 19.9 Å². The summed E-state index contributed by atoms with van der Waals surface area (Å²) in [6.07, 6.45) is 2.81. The standard InChI is InChI=1S/C16H23N3O4/c1-5-6-7-11(2)18-19-16(21)15(20)17-13-9-8-12(22-3)10-14(13)23-4/h8-10H,5-7H2,1-4H3,(H,17,20)(H,19,21)/b18-11+. The van der Waals surface area contributed by atoms with E-state index >= 15 is 0 Å². The maximum atomic E-state index is 11.9. The summed E-state index contributed by atoms with van der Waals surface area (Å²) >= 11 is 0. The molecule has 0 radical (unpaired) electrons. The molecular weight excluding hydrogens is 298 g/mol. The number of benzene rings is 1. The maximum absolute atomic E-state index is 11.9. The zero-order chi connectivity index (χ0) is 17.2. The van der Waals surface area contributed by atoms with E-state index in [1.807, 2.05) is 0 Å². The third-order valence-electron chi connectivity index (χ3n) is 3.10. The minimum atomic E-state index is -0.835. The maximum Gasteiger partial charge on any atom is 0.329 e. The summed E-state index contributed by atoms with van der Waals surface area (Å²) in [4.78, 5) is 23.6. The van der Waals surface area contributed by atoms with Crippen molar-refractivity contribution in [2.45, 2.75) is 33.1 Å². The Labute approximate surface area is 136 Å². The average Bonchev–Trinajstić information content (AvgIpc) is 2.57. The van der Waals surface area contributed by atoms with Crippen LogP contribution in [0, 0.1) is 0 Å². The van der Waals surface area contributed by atoms with Crippen molar-refractivity contribution in [1.29, 1.82) is 0 Å². The highest BCUT2D eigenvalue weighted by atomic mass is 16.5. The normalized spacial score (nSPS) is 10.9. The highest BCUT2D eigenvalue weighted by molar-refractivity contribution is 6.39. The lowest BCUT2D eigenvalue weighted by atomic mass is 10.2. The monoisotopic (exact) mass is 321 g/mol. The number of amides is 2. The molecule has 0 heterocycles. The van der Waals surface area contributed by atoms with Crippen molar-refractivity contribution < 1.29 is 19.1 Å². The lowest BCUT2D eigenvalue weighted by molar-refractivity contribution is -0.136. The average molecular weight is 321 g/mol. The SMILES string of the molecule is CCCC/C(C)=N/NC(=O)C(=O)Nc1ccc(OC)cc1OC. The summed E-state index contributed by atoms with van der Waals surface area (Å²) in [5.41, 5.74) is 3.39. The second kappa shape index (κ2) is 9.45. The highest BCUT2D eigenvalue weighted by Gasteiger charge is 2.16. The smallest absolute Gasteiger partial charge is 0.329 e. The zero-order valence-electron chi connectivity index (χ0n) is 13.9. The number of nitrogens with zero attached hydrogens (tertiary/aromatic N) is 1. The number of carbonyl (C=O) groups excluding carboxylic acids is 2. The molecule has 2 N–H and O–H groups in total. The van der Waals surface area contributed by atoms with E-state index in [1.54, 1.807) is 25.1 Å². The van der Waals surface area contributed by atoms with Gasteiger partial charge < -0.3 is 14.8 Å². The topological polar surface area (TPSA) is 89.0 Å². The second-order valence-corrected chi connectivity index (χ2v) is 4.91. The van der Waals surface area contributed by atoms with Crippen LogP contribution in [-0.2, 0) is 9.59 Å². The summed E-state index contributed by atoms with van der Waals surface area (Å²) in [6, 6.07) is 4.86. The third kappa shape index (κ3) is 5.98. The molecule has 126 valence electrons. The number of nitrogens with one attached hydrogen (secondary N) is 2. The Hall–Kier alpha value is -2.57. The Kier molecular flexibility index (Phi) is 7.59. The minimum Gasteiger partial charge on any atom is -0.497 e. The Morgan fingerprint density at radius 3 is 2.52 bits per heavy atom. The van der Waals surface area contributed by atoms with Crippen LogP contribution in [0.3, 0.4) is 0 Å². The van der Waals surface area contributed by atoms with Gasteiger partial charge in [0.15, 0.2) is 0 Å². The number of anilines is 1. The van der Waals surface area contributed by atoms with Crippen LogP contribution in [0.2, 0.25) is 0 Å². The molecule has 7 heteroatoms. The molecule has 0 atom stereocenters. The molecule has 0 saturated carbocycles. The Bertz CT molecular complexity index is 585. The molecule has 23 heavy (non-hydrogen) atoms. The number of hydrogen-bond acceptors (Lipinski definition) is 5. The molecule has 1 rings (SSSR count). The van der Waals surface area contributed by atoms with Crippen LogP contribution in [-0.4, -0.2) is 31.7 Å². The highest BCUT2D eigenvalue weighted by Crippen LogP contribution is 2.28. The molecule has 0 bridgehead atoms. The first-order valence-corrected chi connectivity index (χ1v) is 7.38. The molecule has 0 aliphatic rings. The fourth-order valence-electron chi connectivity index (χ4n) is 1.77. The third-order valence-corrected chi connectivity index (χ3v) is 3.10. The molecular formula is C16H23N3O4. The van der Waals surface area contributed by atoms with Gasteiger partial charge in [-0.25, -0.2) is 5.43 Å². The van der Waals surface area contributed by atoms with Crippen molar-refractivity contribution in [3.8, 4) is 11.5 Å². The summed E-state index contributed by atoms with van der Waals surface area (Å²) in [5, 5.41) is 6.38. The van der Waals surface area contributed by atoms with Gasteiger partial charge in [-0.2, -0.15) is 5.10 Å². The summed E-state index contributed by atoms with van der Waals surface area (Å²) in [6.45, 7) is 3.88. The zero-order valence-corrected chi connectivity index (χ0v) is 13.9. The fourth-order valence-corrected chi connectivity index (χ4v) is 1.77. The molecule has 0 unspecified atom stereocenters. The van der Waals surface area contributed by atoms with E-state index in [1.165, 1.54) is 14.2 Å². The quantitative estimate of drug-likeness (QED) is 0.458. The molecule has 1 aromatic carbocycles. The lowest BCUT2D eigenvalue weighted by Gasteiger charge is -2.11. The van der Waals surface area contributed by atoms with Gasteiger partial charge in [0.2, 0.25) is 0 Å². The van der Waals surface area contributed by atoms with Crippen LogP contribution in [0.25, 0.3) is 0 Å². The van der Waals surface area contributed by atoms with Gasteiger partial charge >= 0.3 is 11.8 Å². The fraction of sp³-hybridized carbons (Fsp3) is 0.438. The van der Waals surface area contributed by atoms with E-state index < -0.39 is 11.8 Å². The molecule has 0 aromatic heterocycles. The lowest BCUT2D eigenvalue weighted by Crippen LogP contribution is -2.33. The van der Waals surface area contributed by atoms with Crippen LogP contribution in [0.15, 0.2) is 23.3 Å². The predicted molar refractivity (Wildman–Crippen MR) is 89.0 cm³/mol. The van der Waals surface area contributed by atoms with Gasteiger partial charge in [0.1, 0.15) is 11.5 Å². The number of ether oxygens (including phenoxy) is 2. The van der Waals surface area contributed by atoms with Crippen molar-refractivity contribution >= 4 is 23.2 Å². The van der Waals surface area contributed by atoms with Crippen LogP contribution in [0.5, 0.6) is 11.5 Å². The van der Waals surface area contributed by atoms with E-state index in [2.05, 4.69) is 22.8 Å². The van der Waals surface area contributed by atoms with Crippen LogP contribution in [0.1, 0.15) is 33.1 Å².